The van der Waals surface area contributed by atoms with Gasteiger partial charge in [-0.2, -0.15) is 0 Å². The first-order valence-corrected chi connectivity index (χ1v) is 12.6. The number of aryl methyl sites for hydroxylation is 2. The molecule has 6 nitrogen and oxygen atoms in total. The molecule has 0 bridgehead atoms. The van der Waals surface area contributed by atoms with Gasteiger partial charge in [-0.1, -0.05) is 6.07 Å². The Balaban J connectivity index is 0.00000256. The fourth-order valence-corrected chi connectivity index (χ4v) is 6.50. The van der Waals surface area contributed by atoms with Gasteiger partial charge in [-0.25, -0.2) is 8.42 Å². The van der Waals surface area contributed by atoms with E-state index in [1.165, 1.54) is 22.3 Å². The normalized spacial score (nSPS) is 21.1. The number of benzene rings is 1. The molecular weight excluding hydrogens is 425 g/mol. The summed E-state index contributed by atoms with van der Waals surface area (Å²) in [6.07, 6.45) is 8.00. The Morgan fingerprint density at radius 2 is 1.77 bits per heavy atom. The van der Waals surface area contributed by atoms with Gasteiger partial charge in [-0.3, -0.25) is 4.79 Å². The van der Waals surface area contributed by atoms with Crippen molar-refractivity contribution < 1.29 is 64.6 Å². The van der Waals surface area contributed by atoms with E-state index < -0.39 is 16.1 Å². The van der Waals surface area contributed by atoms with Gasteiger partial charge >= 0.3 is 51.4 Å². The zero-order chi connectivity index (χ0) is 20.6. The van der Waals surface area contributed by atoms with Crippen molar-refractivity contribution in [3.8, 4) is 0 Å². The summed E-state index contributed by atoms with van der Waals surface area (Å²) in [6, 6.07) is 1.96. The van der Waals surface area contributed by atoms with Crippen LogP contribution in [0.3, 0.4) is 0 Å². The van der Waals surface area contributed by atoms with Gasteiger partial charge in [0.05, 0.1) is 5.75 Å². The van der Waals surface area contributed by atoms with Crippen LogP contribution >= 0.6 is 0 Å². The third kappa shape index (κ3) is 5.69. The summed E-state index contributed by atoms with van der Waals surface area (Å²) in [4.78, 5) is 14.9. The number of hydrogen-bond donors (Lipinski definition) is 1. The monoisotopic (exact) mass is 457 g/mol. The fraction of sp³-hybridized carbons (Fsp3) is 0.682. The summed E-state index contributed by atoms with van der Waals surface area (Å²) in [7, 11) is -3.79. The molecule has 160 valence electrons. The van der Waals surface area contributed by atoms with Crippen LogP contribution in [-0.4, -0.2) is 44.2 Å². The van der Waals surface area contributed by atoms with Crippen molar-refractivity contribution in [2.24, 2.45) is 5.92 Å². The van der Waals surface area contributed by atoms with Crippen molar-refractivity contribution in [2.45, 2.75) is 71.3 Å². The molecule has 1 aromatic carbocycles. The predicted octanol–water partition coefficient (Wildman–Crippen LogP) is 1.02. The Morgan fingerprint density at radius 1 is 1.13 bits per heavy atom. The largest absolute Gasteiger partial charge is 1.00 e. The molecule has 1 N–H and O–H groups in total. The van der Waals surface area contributed by atoms with E-state index >= 15 is 0 Å². The third-order valence-corrected chi connectivity index (χ3v) is 7.99. The summed E-state index contributed by atoms with van der Waals surface area (Å²) in [5.41, 5.74) is 5.83. The maximum absolute atomic E-state index is 12.6. The Morgan fingerprint density at radius 3 is 2.37 bits per heavy atom. The summed E-state index contributed by atoms with van der Waals surface area (Å²) in [5, 5.41) is 2.87. The van der Waals surface area contributed by atoms with E-state index in [9.17, 15) is 13.2 Å². The number of amides is 2. The van der Waals surface area contributed by atoms with Crippen LogP contribution in [0.5, 0.6) is 0 Å². The molecule has 0 spiro atoms. The maximum atomic E-state index is 12.6. The molecule has 0 radical (unpaired) electrons. The first kappa shape index (κ1) is 24.7. The standard InChI is InChI=1S/C22H33N3O3S.K/c1-15(2)25-11-5-6-16(13-25)14-29(27,28)24-22(26)23-21-19-9-3-7-17(19)12-18-8-4-10-20(18)21;/h12,15-16H,3-11,13-14H2,1-2H3,(H2,23,24,26);/q;+1/p-1. The number of sulfonamides is 1. The molecule has 1 atom stereocenters. The van der Waals surface area contributed by atoms with E-state index in [1.807, 2.05) is 0 Å². The molecule has 3 aliphatic rings. The molecule has 30 heavy (non-hydrogen) atoms. The van der Waals surface area contributed by atoms with Gasteiger partial charge in [0, 0.05) is 12.6 Å². The van der Waals surface area contributed by atoms with Gasteiger partial charge < -0.3 is 14.9 Å². The number of carbonyl (C=O) groups is 1. The maximum Gasteiger partial charge on any atom is 1.00 e. The number of rotatable bonds is 5. The summed E-state index contributed by atoms with van der Waals surface area (Å²) in [5.74, 6) is -0.00724. The van der Waals surface area contributed by atoms with Gasteiger partial charge in [0.2, 0.25) is 0 Å². The minimum atomic E-state index is -3.79. The predicted molar refractivity (Wildman–Crippen MR) is 116 cm³/mol. The second kappa shape index (κ2) is 10.3. The van der Waals surface area contributed by atoms with Crippen LogP contribution in [0.2, 0.25) is 0 Å². The number of anilines is 1. The molecular formula is C22H32KN3O3S. The van der Waals surface area contributed by atoms with Crippen molar-refractivity contribution in [2.75, 3.05) is 24.2 Å². The molecule has 8 heteroatoms. The quantitative estimate of drug-likeness (QED) is 0.670. The summed E-state index contributed by atoms with van der Waals surface area (Å²) >= 11 is 0. The Kier molecular flexibility index (Phi) is 8.48. The van der Waals surface area contributed by atoms with Gasteiger partial charge in [0.25, 0.3) is 0 Å². The summed E-state index contributed by atoms with van der Waals surface area (Å²) in [6.45, 7) is 6.03. The van der Waals surface area contributed by atoms with Crippen LogP contribution in [0.1, 0.15) is 61.8 Å². The molecule has 0 saturated carbocycles. The van der Waals surface area contributed by atoms with Crippen molar-refractivity contribution in [3.63, 3.8) is 0 Å². The number of piperidine rings is 1. The first-order valence-electron chi connectivity index (χ1n) is 11.0. The Hall–Kier alpha value is 0.0364. The molecule has 1 fully saturated rings. The number of likely N-dealkylation sites (tertiary alicyclic amines) is 1. The topological polar surface area (TPSA) is 80.6 Å². The minimum absolute atomic E-state index is 0. The molecule has 1 aromatic rings. The molecule has 1 saturated heterocycles. The molecule has 4 rings (SSSR count). The molecule has 1 aliphatic heterocycles. The van der Waals surface area contributed by atoms with Gasteiger partial charge in [-0.15, -0.1) is 0 Å². The number of urea groups is 1. The average molecular weight is 458 g/mol. The second-order valence-corrected chi connectivity index (χ2v) is 10.8. The van der Waals surface area contributed by atoms with E-state index in [1.54, 1.807) is 0 Å². The van der Waals surface area contributed by atoms with Crippen LogP contribution < -0.4 is 56.7 Å². The Bertz CT molecular complexity index is 869. The first-order chi connectivity index (χ1) is 13.8. The van der Waals surface area contributed by atoms with E-state index in [0.29, 0.717) is 6.04 Å². The zero-order valence-corrected chi connectivity index (χ0v) is 22.5. The van der Waals surface area contributed by atoms with Gasteiger partial charge in [-0.05, 0) is 106 Å². The van der Waals surface area contributed by atoms with Gasteiger partial charge in [0.1, 0.15) is 0 Å². The number of fused-ring (bicyclic) bond motifs is 2. The van der Waals surface area contributed by atoms with Crippen molar-refractivity contribution >= 4 is 21.7 Å². The van der Waals surface area contributed by atoms with Crippen LogP contribution in [-0.2, 0) is 35.7 Å². The molecule has 1 heterocycles. The Labute approximate surface area is 223 Å². The van der Waals surface area contributed by atoms with Crippen LogP contribution in [0.15, 0.2) is 6.07 Å². The molecule has 2 aliphatic carbocycles. The summed E-state index contributed by atoms with van der Waals surface area (Å²) < 4.78 is 28.8. The molecule has 2 amide bonds. The zero-order valence-electron chi connectivity index (χ0n) is 18.5. The van der Waals surface area contributed by atoms with Crippen LogP contribution in [0.4, 0.5) is 10.5 Å². The third-order valence-electron chi connectivity index (χ3n) is 6.65. The van der Waals surface area contributed by atoms with Gasteiger partial charge in [0.15, 0.2) is 16.1 Å². The number of hydrogen-bond acceptors (Lipinski definition) is 4. The SMILES string of the molecule is CC(C)N1CCCC(CS(=O)(=O)[N-]C(=O)Nc2c3c(cc4c2CCC4)CCC3)C1.[K+]. The van der Waals surface area contributed by atoms with E-state index in [-0.39, 0.29) is 63.1 Å². The van der Waals surface area contributed by atoms with Crippen LogP contribution in [0.25, 0.3) is 4.72 Å². The molecule has 1 unspecified atom stereocenters. The van der Waals surface area contributed by atoms with Crippen molar-refractivity contribution in [1.29, 1.82) is 0 Å². The van der Waals surface area contributed by atoms with E-state index in [4.69, 9.17) is 0 Å². The number of nitrogens with one attached hydrogen (secondary N) is 1. The van der Waals surface area contributed by atoms with E-state index in [2.05, 4.69) is 34.9 Å². The van der Waals surface area contributed by atoms with E-state index in [0.717, 1.165) is 70.1 Å². The van der Waals surface area contributed by atoms with Crippen molar-refractivity contribution in [3.05, 3.63) is 33.0 Å². The number of nitrogens with zero attached hydrogens (tertiary/aromatic N) is 2. The smallest absolute Gasteiger partial charge is 0.423 e. The van der Waals surface area contributed by atoms with Crippen LogP contribution in [0, 0.1) is 5.92 Å². The number of carbonyl (C=O) groups excluding carboxylic acids is 1. The fourth-order valence-electron chi connectivity index (χ4n) is 5.26. The average Bonchev–Trinajstić information content (AvgIpc) is 3.29. The second-order valence-electron chi connectivity index (χ2n) is 9.10. The van der Waals surface area contributed by atoms with Crippen molar-refractivity contribution in [1.82, 2.24) is 4.90 Å². The molecule has 0 aromatic heterocycles. The minimum Gasteiger partial charge on any atom is -0.423 e.